The molecule has 2 N–H and O–H groups in total. The second kappa shape index (κ2) is 4.29. The maximum absolute atomic E-state index is 11.8. The van der Waals surface area contributed by atoms with E-state index in [0.717, 1.165) is 10.9 Å². The molecule has 0 unspecified atom stereocenters. The third-order valence-corrected chi connectivity index (χ3v) is 2.54. The van der Waals surface area contributed by atoms with E-state index in [1.807, 2.05) is 31.3 Å². The van der Waals surface area contributed by atoms with Crippen molar-refractivity contribution in [3.05, 3.63) is 36.0 Å². The van der Waals surface area contributed by atoms with Gasteiger partial charge in [-0.1, -0.05) is 18.2 Å². The number of para-hydroxylation sites is 1. The van der Waals surface area contributed by atoms with Crippen molar-refractivity contribution in [3.63, 3.8) is 0 Å². The van der Waals surface area contributed by atoms with Gasteiger partial charge in [-0.05, 0) is 12.1 Å². The molecular weight excluding hydrogens is 218 g/mol. The molecule has 88 valence electrons. The number of hydrogen-bond acceptors (Lipinski definition) is 2. The smallest absolute Gasteiger partial charge is 0.286 e. The molecular formula is C12H13N3O2. The number of carbonyl (C=O) groups is 2. The zero-order valence-corrected chi connectivity index (χ0v) is 9.65. The molecule has 0 saturated carbocycles. The highest BCUT2D eigenvalue weighted by Gasteiger charge is 2.12. The van der Waals surface area contributed by atoms with Crippen LogP contribution in [0.1, 0.15) is 17.4 Å². The van der Waals surface area contributed by atoms with Crippen LogP contribution in [0.2, 0.25) is 0 Å². The van der Waals surface area contributed by atoms with E-state index in [-0.39, 0.29) is 11.8 Å². The summed E-state index contributed by atoms with van der Waals surface area (Å²) in [6.45, 7) is 1.34. The van der Waals surface area contributed by atoms with Gasteiger partial charge in [-0.15, -0.1) is 0 Å². The topological polar surface area (TPSA) is 63.1 Å². The van der Waals surface area contributed by atoms with Crippen LogP contribution < -0.4 is 10.9 Å². The van der Waals surface area contributed by atoms with E-state index in [0.29, 0.717) is 5.69 Å². The fourth-order valence-corrected chi connectivity index (χ4v) is 1.72. The van der Waals surface area contributed by atoms with Gasteiger partial charge in [0, 0.05) is 24.9 Å². The fourth-order valence-electron chi connectivity index (χ4n) is 1.72. The Morgan fingerprint density at radius 3 is 2.53 bits per heavy atom. The number of amides is 2. The number of carbonyl (C=O) groups excluding carboxylic acids is 2. The summed E-state index contributed by atoms with van der Waals surface area (Å²) in [5, 5.41) is 0.989. The van der Waals surface area contributed by atoms with Gasteiger partial charge < -0.3 is 4.57 Å². The maximum Gasteiger partial charge on any atom is 0.286 e. The van der Waals surface area contributed by atoms with Crippen LogP contribution in [0.25, 0.3) is 10.9 Å². The van der Waals surface area contributed by atoms with Crippen molar-refractivity contribution in [3.8, 4) is 0 Å². The number of aromatic nitrogens is 1. The second-order valence-electron chi connectivity index (χ2n) is 3.78. The zero-order valence-electron chi connectivity index (χ0n) is 9.65. The Hall–Kier alpha value is -2.30. The van der Waals surface area contributed by atoms with Gasteiger partial charge in [0.25, 0.3) is 5.91 Å². The Morgan fingerprint density at radius 2 is 1.88 bits per heavy atom. The third-order valence-electron chi connectivity index (χ3n) is 2.54. The van der Waals surface area contributed by atoms with Crippen LogP contribution in [0.3, 0.4) is 0 Å². The first kappa shape index (κ1) is 11.2. The average Bonchev–Trinajstić information content (AvgIpc) is 2.64. The molecule has 5 heteroatoms. The van der Waals surface area contributed by atoms with Crippen molar-refractivity contribution >= 4 is 22.7 Å². The van der Waals surface area contributed by atoms with Crippen molar-refractivity contribution < 1.29 is 9.59 Å². The molecule has 1 heterocycles. The lowest BCUT2D eigenvalue weighted by molar-refractivity contribution is -0.119. The Bertz CT molecular complexity index is 586. The SMILES string of the molecule is CC(=O)NNC(=O)c1cc2ccccc2n1C. The van der Waals surface area contributed by atoms with E-state index in [1.54, 1.807) is 10.6 Å². The van der Waals surface area contributed by atoms with Gasteiger partial charge in [0.15, 0.2) is 0 Å². The average molecular weight is 231 g/mol. The summed E-state index contributed by atoms with van der Waals surface area (Å²) in [6, 6.07) is 9.48. The molecule has 0 aliphatic rings. The first-order chi connectivity index (χ1) is 8.09. The molecule has 0 spiro atoms. The molecule has 0 bridgehead atoms. The van der Waals surface area contributed by atoms with Crippen molar-refractivity contribution in [2.75, 3.05) is 0 Å². The zero-order chi connectivity index (χ0) is 12.4. The first-order valence-electron chi connectivity index (χ1n) is 5.21. The van der Waals surface area contributed by atoms with Crippen molar-refractivity contribution in [2.45, 2.75) is 6.92 Å². The normalized spacial score (nSPS) is 10.2. The van der Waals surface area contributed by atoms with Gasteiger partial charge in [-0.3, -0.25) is 20.4 Å². The van der Waals surface area contributed by atoms with Crippen molar-refractivity contribution in [1.29, 1.82) is 0 Å². The molecule has 5 nitrogen and oxygen atoms in total. The van der Waals surface area contributed by atoms with Crippen LogP contribution in [0.15, 0.2) is 30.3 Å². The lowest BCUT2D eigenvalue weighted by Gasteiger charge is -2.06. The highest BCUT2D eigenvalue weighted by atomic mass is 16.2. The highest BCUT2D eigenvalue weighted by molar-refractivity contribution is 5.99. The molecule has 0 aliphatic carbocycles. The van der Waals surface area contributed by atoms with Gasteiger partial charge in [-0.25, -0.2) is 0 Å². The molecule has 2 rings (SSSR count). The fraction of sp³-hybridized carbons (Fsp3) is 0.167. The van der Waals surface area contributed by atoms with E-state index in [2.05, 4.69) is 10.9 Å². The number of nitrogens with zero attached hydrogens (tertiary/aromatic N) is 1. The van der Waals surface area contributed by atoms with Crippen LogP contribution >= 0.6 is 0 Å². The molecule has 0 radical (unpaired) electrons. The number of nitrogens with one attached hydrogen (secondary N) is 2. The summed E-state index contributed by atoms with van der Waals surface area (Å²) >= 11 is 0. The Morgan fingerprint density at radius 1 is 1.18 bits per heavy atom. The van der Waals surface area contributed by atoms with Crippen LogP contribution in [0, 0.1) is 0 Å². The van der Waals surface area contributed by atoms with Crippen molar-refractivity contribution in [1.82, 2.24) is 15.4 Å². The monoisotopic (exact) mass is 231 g/mol. The van der Waals surface area contributed by atoms with Crippen LogP contribution in [0.5, 0.6) is 0 Å². The lowest BCUT2D eigenvalue weighted by atomic mass is 10.2. The molecule has 1 aromatic heterocycles. The molecule has 2 amide bonds. The van der Waals surface area contributed by atoms with Gasteiger partial charge in [0.2, 0.25) is 5.91 Å². The lowest BCUT2D eigenvalue weighted by Crippen LogP contribution is -2.40. The number of fused-ring (bicyclic) bond motifs is 1. The van der Waals surface area contributed by atoms with Crippen molar-refractivity contribution in [2.24, 2.45) is 7.05 Å². The third kappa shape index (κ3) is 2.13. The summed E-state index contributed by atoms with van der Waals surface area (Å²) in [6.07, 6.45) is 0. The van der Waals surface area contributed by atoms with E-state index >= 15 is 0 Å². The number of rotatable bonds is 1. The largest absolute Gasteiger partial charge is 0.340 e. The predicted molar refractivity (Wildman–Crippen MR) is 64.2 cm³/mol. The minimum Gasteiger partial charge on any atom is -0.340 e. The minimum absolute atomic E-state index is 0.308. The second-order valence-corrected chi connectivity index (χ2v) is 3.78. The summed E-state index contributed by atoms with van der Waals surface area (Å²) < 4.78 is 1.78. The maximum atomic E-state index is 11.8. The van der Waals surface area contributed by atoms with Gasteiger partial charge >= 0.3 is 0 Å². The van der Waals surface area contributed by atoms with E-state index < -0.39 is 0 Å². The Labute approximate surface area is 98.4 Å². The summed E-state index contributed by atoms with van der Waals surface area (Å²) in [4.78, 5) is 22.5. The molecule has 2 aromatic rings. The Balaban J connectivity index is 2.32. The molecule has 0 aliphatic heterocycles. The highest BCUT2D eigenvalue weighted by Crippen LogP contribution is 2.17. The summed E-state index contributed by atoms with van der Waals surface area (Å²) in [5.74, 6) is -0.643. The van der Waals surface area contributed by atoms with Gasteiger partial charge in [0.05, 0.1) is 0 Å². The first-order valence-corrected chi connectivity index (χ1v) is 5.21. The van der Waals surface area contributed by atoms with Gasteiger partial charge in [-0.2, -0.15) is 0 Å². The molecule has 0 fully saturated rings. The van der Waals surface area contributed by atoms with E-state index in [4.69, 9.17) is 0 Å². The molecule has 17 heavy (non-hydrogen) atoms. The summed E-state index contributed by atoms with van der Waals surface area (Å²) in [7, 11) is 1.81. The quantitative estimate of drug-likeness (QED) is 0.718. The predicted octanol–water partition coefficient (Wildman–Crippen LogP) is 0.959. The van der Waals surface area contributed by atoms with Gasteiger partial charge in [0.1, 0.15) is 5.69 Å². The van der Waals surface area contributed by atoms with E-state index in [9.17, 15) is 9.59 Å². The summed E-state index contributed by atoms with van der Waals surface area (Å²) in [5.41, 5.74) is 6.08. The number of hydrazine groups is 1. The van der Waals surface area contributed by atoms with Crippen LogP contribution in [-0.2, 0) is 11.8 Å². The number of benzene rings is 1. The molecule has 0 atom stereocenters. The van der Waals surface area contributed by atoms with Crippen LogP contribution in [0.4, 0.5) is 0 Å². The minimum atomic E-state index is -0.334. The molecule has 1 aromatic carbocycles. The molecule has 0 saturated heterocycles. The Kier molecular flexibility index (Phi) is 2.82. The van der Waals surface area contributed by atoms with E-state index in [1.165, 1.54) is 6.92 Å². The standard InChI is InChI=1S/C12H13N3O2/c1-8(16)13-14-12(17)11-7-9-5-3-4-6-10(9)15(11)2/h3-7H,1-2H3,(H,13,16)(H,14,17). The number of aryl methyl sites for hydroxylation is 1. The van der Waals surface area contributed by atoms with Crippen LogP contribution in [-0.4, -0.2) is 16.4 Å². The number of hydrogen-bond donors (Lipinski definition) is 2.